The maximum absolute atomic E-state index is 13.2. The van der Waals surface area contributed by atoms with Crippen molar-refractivity contribution in [1.82, 2.24) is 44.8 Å². The highest BCUT2D eigenvalue weighted by molar-refractivity contribution is 7.92. The molecule has 5 aliphatic carbocycles. The van der Waals surface area contributed by atoms with Crippen LogP contribution in [0.1, 0.15) is 201 Å². The molecule has 4 aromatic carbocycles. The van der Waals surface area contributed by atoms with Gasteiger partial charge in [0, 0.05) is 151 Å². The lowest BCUT2D eigenvalue weighted by atomic mass is 9.85. The maximum atomic E-state index is 13.2. The summed E-state index contributed by atoms with van der Waals surface area (Å²) >= 11 is 0. The van der Waals surface area contributed by atoms with E-state index >= 15 is 0 Å². The molecule has 1 saturated heterocycles. The van der Waals surface area contributed by atoms with Crippen LogP contribution in [0.25, 0.3) is 0 Å². The van der Waals surface area contributed by atoms with E-state index in [1.807, 2.05) is 141 Å². The van der Waals surface area contributed by atoms with Crippen molar-refractivity contribution < 1.29 is 42.0 Å². The first-order chi connectivity index (χ1) is 62.3. The van der Waals surface area contributed by atoms with Crippen LogP contribution in [0.2, 0.25) is 0 Å². The van der Waals surface area contributed by atoms with Crippen molar-refractivity contribution in [2.45, 2.75) is 214 Å². The smallest absolute Gasteiger partial charge is 0.253 e. The first kappa shape index (κ1) is 93.3. The third-order valence-electron chi connectivity index (χ3n) is 26.9. The van der Waals surface area contributed by atoms with E-state index in [0.29, 0.717) is 103 Å². The second-order valence-corrected chi connectivity index (χ2v) is 41.2. The second-order valence-electron chi connectivity index (χ2n) is 39.5. The Morgan fingerprint density at radius 1 is 0.397 bits per heavy atom. The third kappa shape index (κ3) is 21.2. The zero-order chi connectivity index (χ0) is 93.2. The Balaban J connectivity index is 0.000000134. The molecular weight excluding hydrogens is 1680 g/mol. The number of carbonyl (C=O) groups excluding carboxylic acids is 7. The fraction of sp³-hybridized carbons (Fsp3) is 0.515. The van der Waals surface area contributed by atoms with E-state index in [4.69, 9.17) is 19.9 Å². The molecule has 33 nitrogen and oxygen atoms in total. The minimum absolute atomic E-state index is 0.0445. The molecular formula is C97H128N24O9S. The van der Waals surface area contributed by atoms with Crippen LogP contribution in [0, 0.1) is 27.6 Å². The largest absolute Gasteiger partial charge is 0.351 e. The number of hydrogen-bond donors (Lipinski definition) is 6. The Bertz CT molecular complexity index is 5700. The summed E-state index contributed by atoms with van der Waals surface area (Å²) in [7, 11) is 7.29. The summed E-state index contributed by atoms with van der Waals surface area (Å²) in [5.41, 5.74) is 6.55. The first-order valence-electron chi connectivity index (χ1n) is 46.3. The fourth-order valence-corrected chi connectivity index (χ4v) is 20.3. The monoisotopic (exact) mass is 1810 g/mol. The molecule has 0 radical (unpaired) electrons. The zero-order valence-electron chi connectivity index (χ0n) is 78.5. The first-order valence-corrected chi connectivity index (χ1v) is 48.2. The number of anilines is 19. The molecule has 0 atom stereocenters. The van der Waals surface area contributed by atoms with Gasteiger partial charge >= 0.3 is 0 Å². The predicted molar refractivity (Wildman–Crippen MR) is 518 cm³/mol. The minimum atomic E-state index is -3.38. The number of sulfonamides is 1. The highest BCUT2D eigenvalue weighted by Crippen LogP contribution is 2.47. The predicted octanol–water partition coefficient (Wildman–Crippen LogP) is 15.8. The second kappa shape index (κ2) is 38.6. The van der Waals surface area contributed by atoms with Gasteiger partial charge in [0.05, 0.1) is 58.4 Å². The lowest BCUT2D eigenvalue weighted by molar-refractivity contribution is -0.126. The fourth-order valence-electron chi connectivity index (χ4n) is 19.7. The van der Waals surface area contributed by atoms with Gasteiger partial charge < -0.3 is 75.6 Å². The number of aromatic nitrogens is 8. The van der Waals surface area contributed by atoms with Crippen LogP contribution in [0.15, 0.2) is 122 Å². The van der Waals surface area contributed by atoms with Crippen molar-refractivity contribution in [3.8, 4) is 0 Å². The molecule has 9 heterocycles. The number of benzene rings is 4. The highest BCUT2D eigenvalue weighted by Gasteiger charge is 2.47. The zero-order valence-corrected chi connectivity index (χ0v) is 79.3. The molecule has 0 bridgehead atoms. The molecule has 5 aliphatic heterocycles. The molecule has 6 N–H and O–H groups in total. The summed E-state index contributed by atoms with van der Waals surface area (Å²) in [6.45, 7) is 19.2. The lowest BCUT2D eigenvalue weighted by Gasteiger charge is -2.34. The Kier molecular flexibility index (Phi) is 27.5. The van der Waals surface area contributed by atoms with E-state index in [1.165, 1.54) is 51.4 Å². The van der Waals surface area contributed by atoms with E-state index in [-0.39, 0.29) is 47.3 Å². The molecule has 696 valence electrons. The Labute approximate surface area is 769 Å². The Morgan fingerprint density at radius 2 is 0.710 bits per heavy atom. The molecule has 6 fully saturated rings. The van der Waals surface area contributed by atoms with Gasteiger partial charge in [-0.2, -0.15) is 19.9 Å². The maximum Gasteiger partial charge on any atom is 0.253 e. The van der Waals surface area contributed by atoms with Gasteiger partial charge in [0.25, 0.3) is 5.91 Å². The number of nitrogens with zero attached hydrogens (tertiary/aromatic N) is 18. The van der Waals surface area contributed by atoms with E-state index in [0.717, 1.165) is 159 Å². The molecule has 0 spiro atoms. The van der Waals surface area contributed by atoms with Crippen molar-refractivity contribution in [1.29, 1.82) is 0 Å². The quantitative estimate of drug-likeness (QED) is 0.0465. The molecule has 7 amide bonds. The van der Waals surface area contributed by atoms with Crippen molar-refractivity contribution in [3.05, 3.63) is 127 Å². The summed E-state index contributed by atoms with van der Waals surface area (Å²) in [6.07, 6.45) is 31.0. The van der Waals surface area contributed by atoms with Gasteiger partial charge in [0.15, 0.2) is 23.3 Å². The minimum Gasteiger partial charge on any atom is -0.351 e. The summed E-state index contributed by atoms with van der Waals surface area (Å²) in [5, 5.41) is 16.1. The average molecular weight is 1810 g/mol. The van der Waals surface area contributed by atoms with Gasteiger partial charge in [-0.05, 0) is 199 Å². The van der Waals surface area contributed by atoms with Gasteiger partial charge in [-0.15, -0.1) is 0 Å². The van der Waals surface area contributed by atoms with Gasteiger partial charge in [-0.1, -0.05) is 82.1 Å². The van der Waals surface area contributed by atoms with Gasteiger partial charge in [-0.25, -0.2) is 28.4 Å². The normalized spacial score (nSPS) is 19.7. The van der Waals surface area contributed by atoms with Crippen LogP contribution in [0.4, 0.5) is 110 Å². The number of nitrogens with one attached hydrogen (secondary N) is 6. The van der Waals surface area contributed by atoms with Crippen LogP contribution >= 0.6 is 0 Å². The summed E-state index contributed by atoms with van der Waals surface area (Å²) < 4.78 is 25.6. The van der Waals surface area contributed by atoms with Crippen LogP contribution < -0.4 is 75.4 Å². The van der Waals surface area contributed by atoms with E-state index in [2.05, 4.69) is 70.8 Å². The molecule has 10 aliphatic rings. The molecule has 34 heteroatoms. The third-order valence-corrected chi connectivity index (χ3v) is 27.5. The molecule has 4 aromatic heterocycles. The standard InChI is InChI=1S/C26H34N6O2.C25H32N6O2.C24H32N6O2.C22H30N6O3S/c1-26(2)16-32(20-12-4-5-13-20)22-21(31(3)24(26)34)15-27-25(30-22)29-19-11-7-10-18(14-19)28-23(33)17-8-6-9-17;1-25(2)16-31(18-9-4-5-10-18)22-20(29(3)23(25)33)15-26-24(28-22)27-17-8-6-11-19(14-17)30-13-7-12-21(30)32;1-24(2)15-30(18-11-6-7-12-18)20-19(29(5)22(24)32)14-25-23(27-20)26-17-10-8-9-16(13-17)21(31)28(3)4;1-22(2)14-28(17-10-5-6-11-17)19-18(27(3)20(22)29)13-23-21(25-19)24-15-8-7-9-16(12-15)26-32(4,30)31/h7,10-11,14-15,17,20H,4-6,8-9,12-13,16H2,1-3H3,(H,28,33)(H,27,29,30);6,8,11,14-15,18H,4-5,7,9-10,12-13,16H2,1-3H3,(H,26,27,28);8-10,13-14,18H,6-7,11-12,15H2,1-5H3,(H,25,26,27);7-9,12-13,17,26H,5-6,10-11,14H2,1-4H3,(H,23,24,25). The van der Waals surface area contributed by atoms with Crippen molar-refractivity contribution >= 4 is 161 Å². The van der Waals surface area contributed by atoms with Crippen LogP contribution in [-0.2, 0) is 38.8 Å². The Morgan fingerprint density at radius 3 is 1.03 bits per heavy atom. The van der Waals surface area contributed by atoms with Gasteiger partial charge in [0.2, 0.25) is 69.3 Å². The topological polar surface area (TPSA) is 361 Å². The highest BCUT2D eigenvalue weighted by atomic mass is 32.2. The SMILES string of the molecule is CN(C)C(=O)c1cccc(Nc2ncc3c(n2)N(C2CCCC2)CC(C)(C)C(=O)N3C)c1.CN1C(=O)C(C)(C)CN(C2CCCC2)c2nc(Nc3cccc(N4CCCC4=O)c3)ncc21.CN1C(=O)C(C)(C)CN(C2CCCC2)c2nc(Nc3cccc(NC(=O)C4CCC4)c3)ncc21.CN1C(=O)C(C)(C)CN(C2CCCC2)c2nc(Nc3cccc(NS(C)(=O)=O)c3)ncc21. The van der Waals surface area contributed by atoms with Crippen molar-refractivity contribution in [3.63, 3.8) is 0 Å². The van der Waals surface area contributed by atoms with E-state index in [1.54, 1.807) is 108 Å². The van der Waals surface area contributed by atoms with Gasteiger partial charge in [0.1, 0.15) is 22.7 Å². The molecule has 8 aromatic rings. The van der Waals surface area contributed by atoms with Crippen LogP contribution in [-0.4, -0.2) is 200 Å². The van der Waals surface area contributed by atoms with Crippen LogP contribution in [0.3, 0.4) is 0 Å². The molecule has 0 unspecified atom stereocenters. The summed E-state index contributed by atoms with van der Waals surface area (Å²) in [6, 6.07) is 31.1. The summed E-state index contributed by atoms with van der Waals surface area (Å²) in [4.78, 5) is 146. The molecule has 5 saturated carbocycles. The van der Waals surface area contributed by atoms with E-state index in [9.17, 15) is 42.0 Å². The Hall–Kier alpha value is -12.4. The van der Waals surface area contributed by atoms with E-state index < -0.39 is 31.7 Å². The van der Waals surface area contributed by atoms with Crippen LogP contribution in [0.5, 0.6) is 0 Å². The van der Waals surface area contributed by atoms with Crippen molar-refractivity contribution in [2.24, 2.45) is 27.6 Å². The van der Waals surface area contributed by atoms with Gasteiger partial charge in [-0.3, -0.25) is 38.3 Å². The van der Waals surface area contributed by atoms with Crippen molar-refractivity contribution in [2.75, 3.05) is 157 Å². The molecule has 131 heavy (non-hydrogen) atoms. The number of hydrogen-bond acceptors (Lipinski definition) is 25. The average Bonchev–Trinajstić information content (AvgIpc) is 1.64. The lowest BCUT2D eigenvalue weighted by Crippen LogP contribution is -2.45. The number of fused-ring (bicyclic) bond motifs is 4. The number of rotatable bonds is 18. The molecule has 18 rings (SSSR count). The number of amides is 7. The summed E-state index contributed by atoms with van der Waals surface area (Å²) in [5.74, 6) is 5.55. The number of carbonyl (C=O) groups is 7.